The van der Waals surface area contributed by atoms with Gasteiger partial charge in [0.25, 0.3) is 0 Å². The summed E-state index contributed by atoms with van der Waals surface area (Å²) in [6.45, 7) is 10.3. The minimum Gasteiger partial charge on any atom is -0.489 e. The Morgan fingerprint density at radius 2 is 2.14 bits per heavy atom. The van der Waals surface area contributed by atoms with Crippen LogP contribution >= 0.6 is 15.9 Å². The third-order valence-corrected chi connectivity index (χ3v) is 3.17. The van der Waals surface area contributed by atoms with Crippen molar-refractivity contribution in [2.45, 2.75) is 20.8 Å². The van der Waals surface area contributed by atoms with Crippen molar-refractivity contribution in [3.8, 4) is 0 Å². The first-order chi connectivity index (χ1) is 6.50. The zero-order valence-electron chi connectivity index (χ0n) is 8.76. The van der Waals surface area contributed by atoms with Crippen LogP contribution in [0.5, 0.6) is 0 Å². The van der Waals surface area contributed by atoms with Crippen LogP contribution in [0.25, 0.3) is 0 Å². The van der Waals surface area contributed by atoms with Gasteiger partial charge in [0.1, 0.15) is 0 Å². The second-order valence-corrected chi connectivity index (χ2v) is 4.54. The molecule has 0 fully saturated rings. The van der Waals surface area contributed by atoms with Gasteiger partial charge in [0.2, 0.25) is 5.78 Å². The SMILES string of the molecule is C=C1C(=O)C(OCC)=C(Br)C1C(C)C. The number of Topliss-reactive ketones (excluding diaryl/α,β-unsaturated/α-hetero) is 1. The van der Waals surface area contributed by atoms with Gasteiger partial charge in [0.05, 0.1) is 6.61 Å². The Labute approximate surface area is 93.1 Å². The fourth-order valence-corrected chi connectivity index (χ4v) is 2.76. The van der Waals surface area contributed by atoms with Crippen LogP contribution in [-0.4, -0.2) is 12.4 Å². The van der Waals surface area contributed by atoms with Gasteiger partial charge in [-0.3, -0.25) is 4.79 Å². The molecule has 0 bridgehead atoms. The Hall–Kier alpha value is -0.570. The molecule has 1 unspecified atom stereocenters. The van der Waals surface area contributed by atoms with E-state index in [0.717, 1.165) is 4.48 Å². The molecular formula is C11H15BrO2. The van der Waals surface area contributed by atoms with Gasteiger partial charge in [0, 0.05) is 16.0 Å². The highest BCUT2D eigenvalue weighted by molar-refractivity contribution is 9.11. The molecule has 0 N–H and O–H groups in total. The number of ketones is 1. The van der Waals surface area contributed by atoms with Gasteiger partial charge in [-0.15, -0.1) is 0 Å². The Morgan fingerprint density at radius 1 is 1.57 bits per heavy atom. The fourth-order valence-electron chi connectivity index (χ4n) is 1.66. The molecule has 0 aromatic carbocycles. The Bertz CT molecular complexity index is 302. The van der Waals surface area contributed by atoms with Crippen molar-refractivity contribution in [2.75, 3.05) is 6.61 Å². The summed E-state index contributed by atoms with van der Waals surface area (Å²) in [5.74, 6) is 0.830. The normalized spacial score (nSPS) is 22.5. The van der Waals surface area contributed by atoms with Gasteiger partial charge < -0.3 is 4.74 Å². The van der Waals surface area contributed by atoms with Crippen molar-refractivity contribution < 1.29 is 9.53 Å². The quantitative estimate of drug-likeness (QED) is 0.728. The number of hydrogen-bond acceptors (Lipinski definition) is 2. The molecule has 0 spiro atoms. The zero-order chi connectivity index (χ0) is 10.9. The Kier molecular flexibility index (Phi) is 3.53. The van der Waals surface area contributed by atoms with Crippen LogP contribution in [-0.2, 0) is 9.53 Å². The molecular weight excluding hydrogens is 244 g/mol. The van der Waals surface area contributed by atoms with Gasteiger partial charge >= 0.3 is 0 Å². The minimum absolute atomic E-state index is 0.0579. The van der Waals surface area contributed by atoms with Crippen molar-refractivity contribution >= 4 is 21.7 Å². The third-order valence-electron chi connectivity index (χ3n) is 2.32. The van der Waals surface area contributed by atoms with E-state index in [9.17, 15) is 4.79 Å². The number of rotatable bonds is 3. The van der Waals surface area contributed by atoms with E-state index in [1.165, 1.54) is 0 Å². The maximum atomic E-state index is 11.7. The first-order valence-electron chi connectivity index (χ1n) is 4.76. The molecule has 0 saturated heterocycles. The average molecular weight is 259 g/mol. The summed E-state index contributed by atoms with van der Waals surface area (Å²) in [5, 5.41) is 0. The number of allylic oxidation sites excluding steroid dienone is 2. The maximum absolute atomic E-state index is 11.7. The van der Waals surface area contributed by atoms with Crippen LogP contribution in [0.15, 0.2) is 22.4 Å². The van der Waals surface area contributed by atoms with Crippen LogP contribution in [0.2, 0.25) is 0 Å². The van der Waals surface area contributed by atoms with E-state index in [4.69, 9.17) is 4.74 Å². The summed E-state index contributed by atoms with van der Waals surface area (Å²) in [5.41, 5.74) is 0.635. The lowest BCUT2D eigenvalue weighted by molar-refractivity contribution is -0.115. The van der Waals surface area contributed by atoms with Crippen molar-refractivity contribution in [3.05, 3.63) is 22.4 Å². The van der Waals surface area contributed by atoms with E-state index in [1.54, 1.807) is 0 Å². The molecule has 0 aromatic heterocycles. The van der Waals surface area contributed by atoms with Crippen LogP contribution in [0.4, 0.5) is 0 Å². The highest BCUT2D eigenvalue weighted by Gasteiger charge is 2.37. The summed E-state index contributed by atoms with van der Waals surface area (Å²) in [6.07, 6.45) is 0. The second kappa shape index (κ2) is 4.30. The summed E-state index contributed by atoms with van der Waals surface area (Å²) in [6, 6.07) is 0. The van der Waals surface area contributed by atoms with Crippen molar-refractivity contribution in [2.24, 2.45) is 11.8 Å². The van der Waals surface area contributed by atoms with Gasteiger partial charge in [-0.2, -0.15) is 0 Å². The first kappa shape index (κ1) is 11.5. The summed E-state index contributed by atoms with van der Waals surface area (Å²) in [7, 11) is 0. The molecule has 0 aliphatic heterocycles. The number of halogens is 1. The molecule has 0 amide bonds. The van der Waals surface area contributed by atoms with E-state index in [2.05, 4.69) is 36.4 Å². The number of carbonyl (C=O) groups excluding carboxylic acids is 1. The Morgan fingerprint density at radius 3 is 2.50 bits per heavy atom. The molecule has 1 atom stereocenters. The van der Waals surface area contributed by atoms with Crippen LogP contribution in [0.1, 0.15) is 20.8 Å². The lowest BCUT2D eigenvalue weighted by atomic mass is 9.92. The summed E-state index contributed by atoms with van der Waals surface area (Å²) in [4.78, 5) is 11.7. The van der Waals surface area contributed by atoms with Crippen LogP contribution in [0, 0.1) is 11.8 Å². The van der Waals surface area contributed by atoms with E-state index >= 15 is 0 Å². The number of ether oxygens (including phenoxy) is 1. The molecule has 0 aromatic rings. The third kappa shape index (κ3) is 1.78. The van der Waals surface area contributed by atoms with Crippen LogP contribution < -0.4 is 0 Å². The molecule has 1 rings (SSSR count). The zero-order valence-corrected chi connectivity index (χ0v) is 10.3. The predicted molar refractivity (Wildman–Crippen MR) is 60.1 cm³/mol. The fraction of sp³-hybridized carbons (Fsp3) is 0.545. The molecule has 0 saturated carbocycles. The lowest BCUT2D eigenvalue weighted by Gasteiger charge is -2.14. The first-order valence-corrected chi connectivity index (χ1v) is 5.55. The molecule has 0 radical (unpaired) electrons. The maximum Gasteiger partial charge on any atom is 0.224 e. The highest BCUT2D eigenvalue weighted by atomic mass is 79.9. The van der Waals surface area contributed by atoms with E-state index < -0.39 is 0 Å². The smallest absolute Gasteiger partial charge is 0.224 e. The van der Waals surface area contributed by atoms with Gasteiger partial charge in [0.15, 0.2) is 5.76 Å². The van der Waals surface area contributed by atoms with E-state index in [1.807, 2.05) is 6.92 Å². The topological polar surface area (TPSA) is 26.3 Å². The van der Waals surface area contributed by atoms with Gasteiger partial charge in [-0.25, -0.2) is 0 Å². The highest BCUT2D eigenvalue weighted by Crippen LogP contribution is 2.41. The average Bonchev–Trinajstić information content (AvgIpc) is 2.30. The van der Waals surface area contributed by atoms with Crippen LogP contribution in [0.3, 0.4) is 0 Å². The predicted octanol–water partition coefficient (Wildman–Crippen LogP) is 3.04. The molecule has 0 heterocycles. The lowest BCUT2D eigenvalue weighted by Crippen LogP contribution is -2.10. The summed E-state index contributed by atoms with van der Waals surface area (Å²) >= 11 is 3.43. The molecule has 3 heteroatoms. The van der Waals surface area contributed by atoms with Crippen molar-refractivity contribution in [1.29, 1.82) is 0 Å². The molecule has 78 valence electrons. The van der Waals surface area contributed by atoms with E-state index in [0.29, 0.717) is 23.9 Å². The largest absolute Gasteiger partial charge is 0.489 e. The molecule has 1 aliphatic carbocycles. The molecule has 2 nitrogen and oxygen atoms in total. The minimum atomic E-state index is -0.0579. The molecule has 14 heavy (non-hydrogen) atoms. The summed E-state index contributed by atoms with van der Waals surface area (Å²) < 4.78 is 6.15. The standard InChI is InChI=1S/C11H15BrO2/c1-5-14-11-9(12)8(6(2)3)7(4)10(11)13/h6,8H,4-5H2,1-3H3. The van der Waals surface area contributed by atoms with Crippen molar-refractivity contribution in [3.63, 3.8) is 0 Å². The van der Waals surface area contributed by atoms with Gasteiger partial charge in [-0.1, -0.05) is 36.4 Å². The monoisotopic (exact) mass is 258 g/mol. The number of hydrogen-bond donors (Lipinski definition) is 0. The molecule has 1 aliphatic rings. The van der Waals surface area contributed by atoms with Crippen molar-refractivity contribution in [1.82, 2.24) is 0 Å². The second-order valence-electron chi connectivity index (χ2n) is 3.69. The Balaban J connectivity index is 3.03. The van der Waals surface area contributed by atoms with E-state index in [-0.39, 0.29) is 11.7 Å². The number of carbonyl (C=O) groups is 1. The van der Waals surface area contributed by atoms with Gasteiger partial charge in [-0.05, 0) is 12.8 Å².